The van der Waals surface area contributed by atoms with Crippen LogP contribution in [-0.4, -0.2) is 40.8 Å². The van der Waals surface area contributed by atoms with E-state index in [9.17, 15) is 0 Å². The van der Waals surface area contributed by atoms with E-state index in [-0.39, 0.29) is 17.4 Å². The topological polar surface area (TPSA) is 72.0 Å². The van der Waals surface area contributed by atoms with Gasteiger partial charge in [-0.15, -0.1) is 0 Å². The van der Waals surface area contributed by atoms with Gasteiger partial charge in [0.1, 0.15) is 0 Å². The maximum atomic E-state index is 5.91. The van der Waals surface area contributed by atoms with E-state index in [1.165, 1.54) is 0 Å². The molecule has 0 aromatic carbocycles. The van der Waals surface area contributed by atoms with Gasteiger partial charge in [0.25, 0.3) is 0 Å². The molecule has 19 heavy (non-hydrogen) atoms. The summed E-state index contributed by atoms with van der Waals surface area (Å²) in [4.78, 5) is 12.5. The van der Waals surface area contributed by atoms with E-state index in [0.717, 1.165) is 32.2 Å². The molecule has 1 saturated carbocycles. The fourth-order valence-corrected chi connectivity index (χ4v) is 2.43. The Bertz CT molecular complexity index is 417. The van der Waals surface area contributed by atoms with Gasteiger partial charge >= 0.3 is 0 Å². The Balaban J connectivity index is 2.04. The molecule has 1 aliphatic carbocycles. The van der Waals surface area contributed by atoms with Gasteiger partial charge in [-0.05, 0) is 37.3 Å². The van der Waals surface area contributed by atoms with Gasteiger partial charge in [0.05, 0.1) is 12.1 Å². The monoisotopic (exact) mass is 285 g/mol. The maximum Gasteiger partial charge on any atom is 0.229 e. The number of rotatable bonds is 6. The second-order valence-corrected chi connectivity index (χ2v) is 4.97. The van der Waals surface area contributed by atoms with Gasteiger partial charge in [0.15, 0.2) is 0 Å². The first-order valence-electron chi connectivity index (χ1n) is 6.67. The van der Waals surface area contributed by atoms with Crippen molar-refractivity contribution >= 4 is 23.5 Å². The van der Waals surface area contributed by atoms with Crippen molar-refractivity contribution in [3.8, 4) is 0 Å². The van der Waals surface area contributed by atoms with Crippen LogP contribution in [0.2, 0.25) is 5.28 Å². The lowest BCUT2D eigenvalue weighted by Crippen LogP contribution is -2.30. The van der Waals surface area contributed by atoms with Crippen LogP contribution in [0.25, 0.3) is 0 Å². The molecule has 1 aromatic heterocycles. The zero-order chi connectivity index (χ0) is 13.7. The number of halogens is 1. The Labute approximate surface area is 118 Å². The van der Waals surface area contributed by atoms with Gasteiger partial charge in [-0.25, -0.2) is 0 Å². The Morgan fingerprint density at radius 3 is 2.79 bits per heavy atom. The molecule has 0 bridgehead atoms. The first-order valence-corrected chi connectivity index (χ1v) is 7.05. The third-order valence-electron chi connectivity index (χ3n) is 3.21. The highest BCUT2D eigenvalue weighted by molar-refractivity contribution is 6.28. The second kappa shape index (κ2) is 6.86. The Morgan fingerprint density at radius 2 is 2.05 bits per heavy atom. The number of ether oxygens (including phenoxy) is 1. The minimum atomic E-state index is 0.197. The molecule has 0 radical (unpaired) electrons. The molecular formula is C12H20ClN5O. The Hall–Kier alpha value is -1.14. The smallest absolute Gasteiger partial charge is 0.229 e. The summed E-state index contributed by atoms with van der Waals surface area (Å²) >= 11 is 5.91. The molecule has 1 aromatic rings. The lowest BCUT2D eigenvalue weighted by molar-refractivity contribution is 0.101. The van der Waals surface area contributed by atoms with Crippen molar-refractivity contribution in [3.63, 3.8) is 0 Å². The van der Waals surface area contributed by atoms with Crippen LogP contribution in [-0.2, 0) is 4.74 Å². The van der Waals surface area contributed by atoms with Crippen molar-refractivity contribution in [2.75, 3.05) is 24.3 Å². The minimum Gasteiger partial charge on any atom is -0.379 e. The molecule has 0 aliphatic heterocycles. The number of aromatic nitrogens is 3. The maximum absolute atomic E-state index is 5.91. The van der Waals surface area contributed by atoms with Crippen molar-refractivity contribution in [3.05, 3.63) is 5.28 Å². The zero-order valence-electron chi connectivity index (χ0n) is 11.3. The summed E-state index contributed by atoms with van der Waals surface area (Å²) in [7, 11) is 1.74. The highest BCUT2D eigenvalue weighted by Crippen LogP contribution is 2.24. The van der Waals surface area contributed by atoms with Crippen LogP contribution in [0, 0.1) is 0 Å². The number of anilines is 2. The average molecular weight is 286 g/mol. The van der Waals surface area contributed by atoms with Gasteiger partial charge < -0.3 is 15.4 Å². The number of hydrogen-bond acceptors (Lipinski definition) is 6. The number of hydrogen-bond donors (Lipinski definition) is 2. The van der Waals surface area contributed by atoms with Crippen LogP contribution in [0.4, 0.5) is 11.9 Å². The quantitative estimate of drug-likeness (QED) is 0.836. The third-order valence-corrected chi connectivity index (χ3v) is 3.38. The molecule has 2 N–H and O–H groups in total. The van der Waals surface area contributed by atoms with E-state index >= 15 is 0 Å². The van der Waals surface area contributed by atoms with Gasteiger partial charge in [0, 0.05) is 13.7 Å². The van der Waals surface area contributed by atoms with Gasteiger partial charge in [0.2, 0.25) is 17.2 Å². The Morgan fingerprint density at radius 1 is 1.26 bits per heavy atom. The SMILES string of the molecule is CCCNc1nc(Cl)nc(NC2CCCC2OC)n1. The first-order chi connectivity index (χ1) is 9.22. The summed E-state index contributed by atoms with van der Waals surface area (Å²) in [6.45, 7) is 2.89. The van der Waals surface area contributed by atoms with E-state index in [2.05, 4.69) is 32.5 Å². The minimum absolute atomic E-state index is 0.197. The average Bonchev–Trinajstić information content (AvgIpc) is 2.83. The van der Waals surface area contributed by atoms with Crippen LogP contribution in [0.1, 0.15) is 32.6 Å². The second-order valence-electron chi connectivity index (χ2n) is 4.63. The molecule has 1 heterocycles. The van der Waals surface area contributed by atoms with E-state index in [0.29, 0.717) is 11.9 Å². The standard InChI is InChI=1S/C12H20ClN5O/c1-3-7-14-11-16-10(13)17-12(18-11)15-8-5-4-6-9(8)19-2/h8-9H,3-7H2,1-2H3,(H2,14,15,16,17,18). The fourth-order valence-electron chi connectivity index (χ4n) is 2.27. The molecule has 0 spiro atoms. The predicted octanol–water partition coefficient (Wildman–Crippen LogP) is 2.33. The molecule has 0 saturated heterocycles. The van der Waals surface area contributed by atoms with Crippen molar-refractivity contribution in [1.29, 1.82) is 0 Å². The number of methoxy groups -OCH3 is 1. The van der Waals surface area contributed by atoms with Gasteiger partial charge in [-0.1, -0.05) is 6.92 Å². The molecule has 2 rings (SSSR count). The summed E-state index contributed by atoms with van der Waals surface area (Å²) in [5.74, 6) is 1.02. The highest BCUT2D eigenvalue weighted by Gasteiger charge is 2.27. The molecule has 2 unspecified atom stereocenters. The van der Waals surface area contributed by atoms with Crippen LogP contribution in [0.15, 0.2) is 0 Å². The van der Waals surface area contributed by atoms with Crippen molar-refractivity contribution in [2.45, 2.75) is 44.8 Å². The highest BCUT2D eigenvalue weighted by atomic mass is 35.5. The molecule has 6 nitrogen and oxygen atoms in total. The summed E-state index contributed by atoms with van der Waals surface area (Å²) in [5.41, 5.74) is 0. The zero-order valence-corrected chi connectivity index (χ0v) is 12.1. The van der Waals surface area contributed by atoms with E-state index in [4.69, 9.17) is 16.3 Å². The molecule has 1 fully saturated rings. The lowest BCUT2D eigenvalue weighted by atomic mass is 10.2. The van der Waals surface area contributed by atoms with Crippen LogP contribution in [0.3, 0.4) is 0 Å². The Kier molecular flexibility index (Phi) is 5.15. The van der Waals surface area contributed by atoms with Crippen molar-refractivity contribution in [1.82, 2.24) is 15.0 Å². The molecule has 2 atom stereocenters. The summed E-state index contributed by atoms with van der Waals surface area (Å²) in [6.07, 6.45) is 4.48. The largest absolute Gasteiger partial charge is 0.379 e. The molecule has 106 valence electrons. The molecule has 0 amide bonds. The van der Waals surface area contributed by atoms with Crippen LogP contribution in [0.5, 0.6) is 0 Å². The number of nitrogens with zero attached hydrogens (tertiary/aromatic N) is 3. The first kappa shape index (κ1) is 14.3. The normalized spacial score (nSPS) is 22.5. The van der Waals surface area contributed by atoms with Gasteiger partial charge in [-0.3, -0.25) is 0 Å². The van der Waals surface area contributed by atoms with Gasteiger partial charge in [-0.2, -0.15) is 15.0 Å². The van der Waals surface area contributed by atoms with Crippen molar-refractivity contribution in [2.24, 2.45) is 0 Å². The van der Waals surface area contributed by atoms with E-state index in [1.54, 1.807) is 7.11 Å². The van der Waals surface area contributed by atoms with Crippen LogP contribution < -0.4 is 10.6 Å². The molecule has 7 heteroatoms. The lowest BCUT2D eigenvalue weighted by Gasteiger charge is -2.19. The summed E-state index contributed by atoms with van der Waals surface area (Å²) < 4.78 is 5.44. The van der Waals surface area contributed by atoms with E-state index < -0.39 is 0 Å². The number of nitrogens with one attached hydrogen (secondary N) is 2. The molecule has 1 aliphatic rings. The molecular weight excluding hydrogens is 266 g/mol. The summed E-state index contributed by atoms with van der Waals surface area (Å²) in [6, 6.07) is 0.238. The predicted molar refractivity (Wildman–Crippen MR) is 75.7 cm³/mol. The fraction of sp³-hybridized carbons (Fsp3) is 0.750. The third kappa shape index (κ3) is 3.91. The van der Waals surface area contributed by atoms with Crippen LogP contribution >= 0.6 is 11.6 Å². The summed E-state index contributed by atoms with van der Waals surface area (Å²) in [5, 5.41) is 6.59. The van der Waals surface area contributed by atoms with E-state index in [1.807, 2.05) is 0 Å². The van der Waals surface area contributed by atoms with Crippen molar-refractivity contribution < 1.29 is 4.74 Å².